The van der Waals surface area contributed by atoms with Crippen LogP contribution in [0.15, 0.2) is 48.5 Å². The number of hydrogen-bond acceptors (Lipinski definition) is 2. The molecule has 2 N–H and O–H groups in total. The lowest BCUT2D eigenvalue weighted by molar-refractivity contribution is 0.631. The molecule has 3 aromatic rings. The summed E-state index contributed by atoms with van der Waals surface area (Å²) in [7, 11) is 1.76. The van der Waals surface area contributed by atoms with E-state index in [2.05, 4.69) is 27.7 Å². The van der Waals surface area contributed by atoms with Gasteiger partial charge in [0, 0.05) is 21.7 Å². The van der Waals surface area contributed by atoms with Crippen LogP contribution in [0.4, 0.5) is 10.2 Å². The topological polar surface area (TPSA) is 43.8 Å². The molecule has 0 atom stereocenters. The third-order valence-electron chi connectivity index (χ3n) is 3.33. The highest BCUT2D eigenvalue weighted by Gasteiger charge is 2.19. The molecule has 5 heteroatoms. The molecule has 0 fully saturated rings. The first kappa shape index (κ1) is 14.1. The number of rotatable bonds is 2. The van der Waals surface area contributed by atoms with E-state index < -0.39 is 0 Å². The van der Waals surface area contributed by atoms with Crippen LogP contribution < -0.4 is 5.73 Å². The Labute approximate surface area is 135 Å². The minimum atomic E-state index is -0.302. The van der Waals surface area contributed by atoms with Gasteiger partial charge in [-0.15, -0.1) is 0 Å². The Kier molecular flexibility index (Phi) is 3.67. The van der Waals surface area contributed by atoms with E-state index in [-0.39, 0.29) is 5.82 Å². The third-order valence-corrected chi connectivity index (χ3v) is 4.00. The van der Waals surface area contributed by atoms with Crippen molar-refractivity contribution in [2.24, 2.45) is 7.05 Å². The van der Waals surface area contributed by atoms with Gasteiger partial charge in [-0.3, -0.25) is 4.68 Å². The van der Waals surface area contributed by atoms with Crippen molar-refractivity contribution in [3.63, 3.8) is 0 Å². The van der Waals surface area contributed by atoms with Crippen molar-refractivity contribution in [1.82, 2.24) is 9.78 Å². The number of nitrogen functional groups attached to an aromatic ring is 1. The predicted molar refractivity (Wildman–Crippen MR) is 91.2 cm³/mol. The molecule has 0 aliphatic heterocycles. The highest BCUT2D eigenvalue weighted by Crippen LogP contribution is 2.37. The molecular weight excluding hydrogens is 380 g/mol. The fourth-order valence-electron chi connectivity index (χ4n) is 2.30. The van der Waals surface area contributed by atoms with Gasteiger partial charge in [-0.1, -0.05) is 30.3 Å². The Morgan fingerprint density at radius 2 is 1.90 bits per heavy atom. The lowest BCUT2D eigenvalue weighted by atomic mass is 10.0. The molecule has 0 aliphatic carbocycles. The van der Waals surface area contributed by atoms with Crippen LogP contribution in [0.5, 0.6) is 0 Å². The van der Waals surface area contributed by atoms with Gasteiger partial charge in [0.05, 0.1) is 5.56 Å². The smallest absolute Gasteiger partial charge is 0.131 e. The van der Waals surface area contributed by atoms with Crippen molar-refractivity contribution in [1.29, 1.82) is 0 Å². The molecule has 2 aromatic carbocycles. The monoisotopic (exact) mass is 393 g/mol. The largest absolute Gasteiger partial charge is 0.383 e. The Morgan fingerprint density at radius 1 is 1.14 bits per heavy atom. The molecule has 1 aromatic heterocycles. The molecule has 0 amide bonds. The second-order valence-corrected chi connectivity index (χ2v) is 5.97. The number of benzene rings is 2. The summed E-state index contributed by atoms with van der Waals surface area (Å²) < 4.78 is 16.8. The van der Waals surface area contributed by atoms with Crippen molar-refractivity contribution in [3.05, 3.63) is 57.9 Å². The van der Waals surface area contributed by atoms with Gasteiger partial charge < -0.3 is 5.73 Å². The van der Waals surface area contributed by atoms with Crippen LogP contribution in [0.2, 0.25) is 0 Å². The molecule has 0 unspecified atom stereocenters. The number of nitrogens with zero attached hydrogens (tertiary/aromatic N) is 2. The van der Waals surface area contributed by atoms with Gasteiger partial charge in [0.15, 0.2) is 0 Å². The van der Waals surface area contributed by atoms with Crippen LogP contribution in [0.1, 0.15) is 0 Å². The normalized spacial score (nSPS) is 10.8. The molecule has 0 aliphatic rings. The molecule has 0 saturated carbocycles. The van der Waals surface area contributed by atoms with Gasteiger partial charge in [0.1, 0.15) is 17.3 Å². The fraction of sp³-hybridized carbons (Fsp3) is 0.0625. The standard InChI is InChI=1S/C16H13FIN3/c1-21-16(19)14(12-7-2-3-8-13(12)17)15(20-21)10-5-4-6-11(18)9-10/h2-9H,19H2,1H3. The first-order valence-electron chi connectivity index (χ1n) is 6.41. The van der Waals surface area contributed by atoms with E-state index in [4.69, 9.17) is 5.73 Å². The number of aromatic nitrogens is 2. The first-order chi connectivity index (χ1) is 10.1. The molecule has 1 heterocycles. The van der Waals surface area contributed by atoms with Crippen molar-refractivity contribution < 1.29 is 4.39 Å². The summed E-state index contributed by atoms with van der Waals surface area (Å²) in [4.78, 5) is 0. The van der Waals surface area contributed by atoms with Gasteiger partial charge in [0.25, 0.3) is 0 Å². The average Bonchev–Trinajstić information content (AvgIpc) is 2.76. The van der Waals surface area contributed by atoms with Crippen LogP contribution in [0, 0.1) is 9.39 Å². The van der Waals surface area contributed by atoms with Crippen molar-refractivity contribution in [2.45, 2.75) is 0 Å². The van der Waals surface area contributed by atoms with Crippen molar-refractivity contribution >= 4 is 28.4 Å². The van der Waals surface area contributed by atoms with Gasteiger partial charge >= 0.3 is 0 Å². The molecule has 0 saturated heterocycles. The molecular formula is C16H13FIN3. The molecule has 0 bridgehead atoms. The van der Waals surface area contributed by atoms with Gasteiger partial charge in [-0.05, 0) is 40.8 Å². The highest BCUT2D eigenvalue weighted by atomic mass is 127. The van der Waals surface area contributed by atoms with Crippen LogP contribution in [-0.2, 0) is 7.05 Å². The van der Waals surface area contributed by atoms with Crippen molar-refractivity contribution in [2.75, 3.05) is 5.73 Å². The number of halogens is 2. The molecule has 3 rings (SSSR count). The van der Waals surface area contributed by atoms with Crippen LogP contribution in [-0.4, -0.2) is 9.78 Å². The summed E-state index contributed by atoms with van der Waals surface area (Å²) in [6, 6.07) is 14.5. The maximum absolute atomic E-state index is 14.1. The summed E-state index contributed by atoms with van der Waals surface area (Å²) in [5.41, 5.74) is 8.83. The number of anilines is 1. The lowest BCUT2D eigenvalue weighted by Crippen LogP contribution is -1.98. The quantitative estimate of drug-likeness (QED) is 0.667. The minimum absolute atomic E-state index is 0.302. The molecule has 21 heavy (non-hydrogen) atoms. The maximum atomic E-state index is 14.1. The van der Waals surface area contributed by atoms with E-state index >= 15 is 0 Å². The summed E-state index contributed by atoms with van der Waals surface area (Å²) >= 11 is 2.24. The van der Waals surface area contributed by atoms with Crippen LogP contribution in [0.3, 0.4) is 0 Å². The van der Waals surface area contributed by atoms with Crippen molar-refractivity contribution in [3.8, 4) is 22.4 Å². The molecule has 106 valence electrons. The molecule has 0 radical (unpaired) electrons. The summed E-state index contributed by atoms with van der Waals surface area (Å²) in [6.07, 6.45) is 0. The highest BCUT2D eigenvalue weighted by molar-refractivity contribution is 14.1. The summed E-state index contributed by atoms with van der Waals surface area (Å²) in [5.74, 6) is 0.151. The SMILES string of the molecule is Cn1nc(-c2cccc(I)c2)c(-c2ccccc2F)c1N. The van der Waals surface area contributed by atoms with Crippen LogP contribution >= 0.6 is 22.6 Å². The van der Waals surface area contributed by atoms with E-state index in [1.54, 1.807) is 29.9 Å². The zero-order valence-corrected chi connectivity index (χ0v) is 13.5. The fourth-order valence-corrected chi connectivity index (χ4v) is 2.85. The Balaban J connectivity index is 2.29. The minimum Gasteiger partial charge on any atom is -0.383 e. The van der Waals surface area contributed by atoms with Gasteiger partial charge in [-0.2, -0.15) is 5.10 Å². The van der Waals surface area contributed by atoms with E-state index in [0.717, 1.165) is 9.13 Å². The summed E-state index contributed by atoms with van der Waals surface area (Å²) in [5, 5.41) is 4.46. The zero-order valence-electron chi connectivity index (χ0n) is 11.3. The Morgan fingerprint density at radius 3 is 2.62 bits per heavy atom. The summed E-state index contributed by atoms with van der Waals surface area (Å²) in [6.45, 7) is 0. The number of hydrogen-bond donors (Lipinski definition) is 1. The van der Waals surface area contributed by atoms with Gasteiger partial charge in [0.2, 0.25) is 0 Å². The second kappa shape index (κ2) is 5.48. The van der Waals surface area contributed by atoms with E-state index in [1.807, 2.05) is 24.3 Å². The Hall–Kier alpha value is -1.89. The predicted octanol–water partition coefficient (Wildman–Crippen LogP) is 4.08. The first-order valence-corrected chi connectivity index (χ1v) is 7.49. The van der Waals surface area contributed by atoms with Crippen LogP contribution in [0.25, 0.3) is 22.4 Å². The van der Waals surface area contributed by atoms with E-state index in [9.17, 15) is 4.39 Å². The zero-order chi connectivity index (χ0) is 15.0. The average molecular weight is 393 g/mol. The third kappa shape index (κ3) is 2.53. The molecule has 3 nitrogen and oxygen atoms in total. The molecule has 0 spiro atoms. The Bertz CT molecular complexity index is 811. The van der Waals surface area contributed by atoms with E-state index in [0.29, 0.717) is 22.6 Å². The lowest BCUT2D eigenvalue weighted by Gasteiger charge is -2.06. The van der Waals surface area contributed by atoms with Gasteiger partial charge in [-0.25, -0.2) is 4.39 Å². The maximum Gasteiger partial charge on any atom is 0.131 e. The van der Waals surface area contributed by atoms with E-state index in [1.165, 1.54) is 6.07 Å². The number of aryl methyl sites for hydroxylation is 1. The second-order valence-electron chi connectivity index (χ2n) is 4.72. The number of nitrogens with two attached hydrogens (primary N) is 1.